The Morgan fingerprint density at radius 1 is 1.64 bits per heavy atom. The van der Waals surface area contributed by atoms with E-state index in [1.807, 2.05) is 0 Å². The molecule has 0 radical (unpaired) electrons. The van der Waals surface area contributed by atoms with Crippen molar-refractivity contribution in [3.8, 4) is 0 Å². The summed E-state index contributed by atoms with van der Waals surface area (Å²) in [6.07, 6.45) is 2.62. The fourth-order valence-corrected chi connectivity index (χ4v) is 1.01. The van der Waals surface area contributed by atoms with E-state index in [0.29, 0.717) is 11.1 Å². The second kappa shape index (κ2) is 4.46. The van der Waals surface area contributed by atoms with Crippen LogP contribution in [0.5, 0.6) is 0 Å². The summed E-state index contributed by atoms with van der Waals surface area (Å²) in [5, 5.41) is 3.67. The standard InChI is InChI=1S/C6H13N3OS/c7-6(9-8)11-4-10-3-5-1-2-5/h5H,1-4,8H2,(H2,7,9). The SMILES string of the molecule is NN=C(N)SCOCC1CC1. The molecule has 1 aliphatic rings. The first-order chi connectivity index (χ1) is 5.33. The van der Waals surface area contributed by atoms with Crippen LogP contribution in [-0.4, -0.2) is 17.7 Å². The predicted molar refractivity (Wildman–Crippen MR) is 46.9 cm³/mol. The van der Waals surface area contributed by atoms with Gasteiger partial charge in [0.2, 0.25) is 0 Å². The molecule has 5 heteroatoms. The minimum Gasteiger partial charge on any atom is -0.377 e. The van der Waals surface area contributed by atoms with Crippen molar-refractivity contribution in [3.05, 3.63) is 0 Å². The van der Waals surface area contributed by atoms with Gasteiger partial charge in [0.1, 0.15) is 0 Å². The van der Waals surface area contributed by atoms with Crippen molar-refractivity contribution in [1.29, 1.82) is 0 Å². The molecule has 0 saturated heterocycles. The molecule has 1 saturated carbocycles. The van der Waals surface area contributed by atoms with E-state index in [1.165, 1.54) is 24.6 Å². The smallest absolute Gasteiger partial charge is 0.179 e. The van der Waals surface area contributed by atoms with E-state index in [2.05, 4.69) is 5.10 Å². The van der Waals surface area contributed by atoms with Crippen LogP contribution in [0, 0.1) is 5.92 Å². The Balaban J connectivity index is 1.86. The summed E-state index contributed by atoms with van der Waals surface area (Å²) in [6.45, 7) is 0.852. The Labute approximate surface area is 70.3 Å². The number of amidine groups is 1. The van der Waals surface area contributed by atoms with Crippen LogP contribution in [0.3, 0.4) is 0 Å². The monoisotopic (exact) mass is 175 g/mol. The first kappa shape index (κ1) is 8.67. The molecule has 0 aromatic carbocycles. The Morgan fingerprint density at radius 2 is 2.36 bits per heavy atom. The summed E-state index contributed by atoms with van der Waals surface area (Å²) in [5.74, 6) is 6.27. The van der Waals surface area contributed by atoms with Gasteiger partial charge in [0.15, 0.2) is 5.17 Å². The molecule has 0 aromatic heterocycles. The van der Waals surface area contributed by atoms with Crippen molar-refractivity contribution in [2.75, 3.05) is 12.5 Å². The topological polar surface area (TPSA) is 73.6 Å². The maximum absolute atomic E-state index is 5.31. The molecule has 11 heavy (non-hydrogen) atoms. The fourth-order valence-electron chi connectivity index (χ4n) is 0.639. The third kappa shape index (κ3) is 4.10. The van der Waals surface area contributed by atoms with Gasteiger partial charge in [-0.15, -0.1) is 0 Å². The van der Waals surface area contributed by atoms with E-state index in [0.717, 1.165) is 12.5 Å². The number of thioether (sulfide) groups is 1. The molecule has 0 unspecified atom stereocenters. The summed E-state index contributed by atoms with van der Waals surface area (Å²) in [7, 11) is 0. The second-order valence-corrected chi connectivity index (χ2v) is 3.49. The van der Waals surface area contributed by atoms with Gasteiger partial charge in [-0.25, -0.2) is 0 Å². The van der Waals surface area contributed by atoms with Crippen LogP contribution >= 0.6 is 11.8 Å². The average molecular weight is 175 g/mol. The lowest BCUT2D eigenvalue weighted by atomic mass is 10.5. The second-order valence-electron chi connectivity index (χ2n) is 2.54. The van der Waals surface area contributed by atoms with Crippen molar-refractivity contribution < 1.29 is 4.74 Å². The van der Waals surface area contributed by atoms with E-state index in [9.17, 15) is 0 Å². The lowest BCUT2D eigenvalue weighted by molar-refractivity contribution is 0.171. The van der Waals surface area contributed by atoms with Gasteiger partial charge in [0, 0.05) is 0 Å². The number of ether oxygens (including phenoxy) is 1. The normalized spacial score (nSPS) is 18.7. The Bertz CT molecular complexity index is 147. The number of rotatable bonds is 4. The van der Waals surface area contributed by atoms with Gasteiger partial charge in [-0.3, -0.25) is 0 Å². The maximum atomic E-state index is 5.31. The van der Waals surface area contributed by atoms with Gasteiger partial charge in [0.05, 0.1) is 12.5 Å². The molecule has 4 nitrogen and oxygen atoms in total. The largest absolute Gasteiger partial charge is 0.377 e. The zero-order chi connectivity index (χ0) is 8.10. The van der Waals surface area contributed by atoms with Crippen LogP contribution in [0.25, 0.3) is 0 Å². The molecule has 0 heterocycles. The number of hydrazone groups is 1. The molecular weight excluding hydrogens is 162 g/mol. The molecule has 4 N–H and O–H groups in total. The highest BCUT2D eigenvalue weighted by Crippen LogP contribution is 2.28. The maximum Gasteiger partial charge on any atom is 0.179 e. The highest BCUT2D eigenvalue weighted by molar-refractivity contribution is 8.13. The van der Waals surface area contributed by atoms with Crippen LogP contribution in [-0.2, 0) is 4.74 Å². The number of nitrogens with zero attached hydrogens (tertiary/aromatic N) is 1. The Hall–Kier alpha value is -0.420. The zero-order valence-electron chi connectivity index (χ0n) is 6.32. The van der Waals surface area contributed by atoms with E-state index < -0.39 is 0 Å². The first-order valence-corrected chi connectivity index (χ1v) is 4.55. The van der Waals surface area contributed by atoms with Crippen molar-refractivity contribution in [1.82, 2.24) is 0 Å². The van der Waals surface area contributed by atoms with E-state index in [-0.39, 0.29) is 0 Å². The van der Waals surface area contributed by atoms with Gasteiger partial charge >= 0.3 is 0 Å². The Kier molecular flexibility index (Phi) is 3.51. The van der Waals surface area contributed by atoms with Gasteiger partial charge in [-0.2, -0.15) is 5.10 Å². The molecule has 0 bridgehead atoms. The van der Waals surface area contributed by atoms with E-state index >= 15 is 0 Å². The van der Waals surface area contributed by atoms with Crippen molar-refractivity contribution in [2.45, 2.75) is 12.8 Å². The first-order valence-electron chi connectivity index (χ1n) is 3.57. The number of nitrogens with two attached hydrogens (primary N) is 2. The summed E-state index contributed by atoms with van der Waals surface area (Å²) in [6, 6.07) is 0. The molecule has 1 fully saturated rings. The van der Waals surface area contributed by atoms with Gasteiger partial charge in [-0.1, -0.05) is 11.8 Å². The quantitative estimate of drug-likeness (QED) is 0.161. The van der Waals surface area contributed by atoms with Gasteiger partial charge < -0.3 is 16.3 Å². The molecule has 0 aliphatic heterocycles. The summed E-state index contributed by atoms with van der Waals surface area (Å²) < 4.78 is 5.28. The minimum absolute atomic E-state index is 0.376. The molecule has 1 aliphatic carbocycles. The van der Waals surface area contributed by atoms with E-state index in [4.69, 9.17) is 16.3 Å². The zero-order valence-corrected chi connectivity index (χ0v) is 7.14. The molecule has 1 rings (SSSR count). The van der Waals surface area contributed by atoms with Gasteiger partial charge in [0.25, 0.3) is 0 Å². The molecule has 0 aromatic rings. The third-order valence-electron chi connectivity index (χ3n) is 1.47. The number of hydrogen-bond donors (Lipinski definition) is 2. The summed E-state index contributed by atoms with van der Waals surface area (Å²) >= 11 is 1.33. The predicted octanol–water partition coefficient (Wildman–Crippen LogP) is 0.292. The Morgan fingerprint density at radius 3 is 2.91 bits per heavy atom. The van der Waals surface area contributed by atoms with Crippen molar-refractivity contribution in [3.63, 3.8) is 0 Å². The van der Waals surface area contributed by atoms with Crippen LogP contribution in [0.1, 0.15) is 12.8 Å². The van der Waals surface area contributed by atoms with Crippen LogP contribution in [0.4, 0.5) is 0 Å². The summed E-state index contributed by atoms with van der Waals surface area (Å²) in [5.41, 5.74) is 5.31. The van der Waals surface area contributed by atoms with E-state index in [1.54, 1.807) is 0 Å². The lowest BCUT2D eigenvalue weighted by Gasteiger charge is -2.00. The molecule has 0 atom stereocenters. The van der Waals surface area contributed by atoms with Gasteiger partial charge in [-0.05, 0) is 18.8 Å². The molecule has 0 spiro atoms. The molecular formula is C6H13N3OS. The number of hydrogen-bond acceptors (Lipinski definition) is 4. The highest BCUT2D eigenvalue weighted by Gasteiger charge is 2.20. The minimum atomic E-state index is 0.376. The van der Waals surface area contributed by atoms with Crippen LogP contribution in [0.2, 0.25) is 0 Å². The summed E-state index contributed by atoms with van der Waals surface area (Å²) in [4.78, 5) is 0. The fraction of sp³-hybridized carbons (Fsp3) is 0.833. The van der Waals surface area contributed by atoms with Crippen LogP contribution < -0.4 is 11.6 Å². The highest BCUT2D eigenvalue weighted by atomic mass is 32.2. The third-order valence-corrected chi connectivity index (χ3v) is 2.15. The lowest BCUT2D eigenvalue weighted by Crippen LogP contribution is -2.11. The average Bonchev–Trinajstić information content (AvgIpc) is 2.81. The van der Waals surface area contributed by atoms with Crippen LogP contribution in [0.15, 0.2) is 5.10 Å². The van der Waals surface area contributed by atoms with Crippen molar-refractivity contribution in [2.24, 2.45) is 22.6 Å². The molecule has 0 amide bonds. The van der Waals surface area contributed by atoms with Crippen molar-refractivity contribution >= 4 is 16.9 Å². The molecule has 64 valence electrons.